The van der Waals surface area contributed by atoms with Gasteiger partial charge in [0.1, 0.15) is 12.1 Å². The topological polar surface area (TPSA) is 51.0 Å². The normalized spacial score (nSPS) is 10.1. The van der Waals surface area contributed by atoms with Crippen molar-refractivity contribution in [2.24, 2.45) is 0 Å². The number of hydrogen-bond acceptors (Lipinski definition) is 4. The summed E-state index contributed by atoms with van der Waals surface area (Å²) >= 11 is 0. The Morgan fingerprint density at radius 2 is 2.36 bits per heavy atom. The van der Waals surface area contributed by atoms with Crippen molar-refractivity contribution < 1.29 is 4.42 Å². The molecule has 0 spiro atoms. The molecule has 0 atom stereocenters. The molecule has 2 heterocycles. The maximum Gasteiger partial charge on any atom is 0.180 e. The summed E-state index contributed by atoms with van der Waals surface area (Å²) in [4.78, 5) is 8.21. The molecule has 2 aromatic rings. The van der Waals surface area contributed by atoms with Crippen LogP contribution < -0.4 is 5.32 Å². The average Bonchev–Trinajstić information content (AvgIpc) is 2.69. The Balaban J connectivity index is 2.02. The minimum Gasteiger partial charge on any atom is -0.451 e. The highest BCUT2D eigenvalue weighted by Crippen LogP contribution is 2.10. The Morgan fingerprint density at radius 3 is 3.07 bits per heavy atom. The van der Waals surface area contributed by atoms with Crippen LogP contribution in [0.3, 0.4) is 0 Å². The van der Waals surface area contributed by atoms with Crippen molar-refractivity contribution in [2.75, 3.05) is 5.32 Å². The summed E-state index contributed by atoms with van der Waals surface area (Å²) in [6, 6.07) is 3.93. The molecule has 4 nitrogen and oxygen atoms in total. The van der Waals surface area contributed by atoms with Gasteiger partial charge in [-0.2, -0.15) is 0 Å². The van der Waals surface area contributed by atoms with Crippen LogP contribution >= 0.6 is 0 Å². The second kappa shape index (κ2) is 3.91. The molecule has 0 fully saturated rings. The SMILES string of the molecule is Cc1cccnc1NCc1cocn1. The lowest BCUT2D eigenvalue weighted by atomic mass is 10.3. The minimum absolute atomic E-state index is 0.633. The van der Waals surface area contributed by atoms with Gasteiger partial charge in [0.2, 0.25) is 0 Å². The van der Waals surface area contributed by atoms with Crippen LogP contribution in [0, 0.1) is 6.92 Å². The van der Waals surface area contributed by atoms with Crippen LogP contribution in [-0.2, 0) is 6.54 Å². The van der Waals surface area contributed by atoms with E-state index in [1.807, 2.05) is 19.1 Å². The van der Waals surface area contributed by atoms with Crippen molar-refractivity contribution in [2.45, 2.75) is 13.5 Å². The van der Waals surface area contributed by atoms with Gasteiger partial charge >= 0.3 is 0 Å². The van der Waals surface area contributed by atoms with Crippen molar-refractivity contribution in [3.8, 4) is 0 Å². The third kappa shape index (κ3) is 1.90. The van der Waals surface area contributed by atoms with Crippen LogP contribution in [0.15, 0.2) is 35.4 Å². The molecule has 0 bridgehead atoms. The van der Waals surface area contributed by atoms with Crippen molar-refractivity contribution in [3.05, 3.63) is 42.2 Å². The van der Waals surface area contributed by atoms with E-state index in [1.165, 1.54) is 6.39 Å². The van der Waals surface area contributed by atoms with Gasteiger partial charge in [0.15, 0.2) is 6.39 Å². The van der Waals surface area contributed by atoms with Crippen molar-refractivity contribution in [1.82, 2.24) is 9.97 Å². The summed E-state index contributed by atoms with van der Waals surface area (Å²) < 4.78 is 4.86. The Labute approximate surface area is 82.0 Å². The maximum absolute atomic E-state index is 4.86. The molecule has 0 aliphatic rings. The van der Waals surface area contributed by atoms with E-state index in [9.17, 15) is 0 Å². The zero-order chi connectivity index (χ0) is 9.80. The smallest absolute Gasteiger partial charge is 0.180 e. The molecular weight excluding hydrogens is 178 g/mol. The van der Waals surface area contributed by atoms with Gasteiger partial charge in [0.05, 0.1) is 12.2 Å². The standard InChI is InChI=1S/C10H11N3O/c1-8-3-2-4-11-10(8)12-5-9-6-14-7-13-9/h2-4,6-7H,5H2,1H3,(H,11,12). The fourth-order valence-corrected chi connectivity index (χ4v) is 1.17. The highest BCUT2D eigenvalue weighted by molar-refractivity contribution is 5.42. The fourth-order valence-electron chi connectivity index (χ4n) is 1.17. The Kier molecular flexibility index (Phi) is 2.44. The van der Waals surface area contributed by atoms with Gasteiger partial charge in [0, 0.05) is 6.20 Å². The van der Waals surface area contributed by atoms with Gasteiger partial charge in [-0.1, -0.05) is 6.07 Å². The zero-order valence-corrected chi connectivity index (χ0v) is 7.90. The second-order valence-corrected chi connectivity index (χ2v) is 3.00. The second-order valence-electron chi connectivity index (χ2n) is 3.00. The molecular formula is C10H11N3O. The molecule has 0 aliphatic carbocycles. The van der Waals surface area contributed by atoms with Crippen molar-refractivity contribution in [1.29, 1.82) is 0 Å². The molecule has 0 radical (unpaired) electrons. The molecule has 2 aromatic heterocycles. The number of nitrogens with zero attached hydrogens (tertiary/aromatic N) is 2. The molecule has 0 unspecified atom stereocenters. The van der Waals surface area contributed by atoms with E-state index < -0.39 is 0 Å². The molecule has 0 saturated carbocycles. The molecule has 0 saturated heterocycles. The van der Waals surface area contributed by atoms with E-state index >= 15 is 0 Å². The van der Waals surface area contributed by atoms with Crippen LogP contribution in [0.2, 0.25) is 0 Å². The van der Waals surface area contributed by atoms with Gasteiger partial charge in [0.25, 0.3) is 0 Å². The van der Waals surface area contributed by atoms with E-state index in [2.05, 4.69) is 15.3 Å². The summed E-state index contributed by atoms with van der Waals surface area (Å²) in [7, 11) is 0. The zero-order valence-electron chi connectivity index (χ0n) is 7.90. The first kappa shape index (κ1) is 8.74. The number of rotatable bonds is 3. The third-order valence-corrected chi connectivity index (χ3v) is 1.93. The van der Waals surface area contributed by atoms with E-state index in [4.69, 9.17) is 4.42 Å². The van der Waals surface area contributed by atoms with Gasteiger partial charge in [-0.15, -0.1) is 0 Å². The van der Waals surface area contributed by atoms with Crippen LogP contribution in [0.4, 0.5) is 5.82 Å². The predicted octanol–water partition coefficient (Wildman–Crippen LogP) is 1.99. The number of oxazole rings is 1. The molecule has 0 amide bonds. The number of nitrogens with one attached hydrogen (secondary N) is 1. The molecule has 2 rings (SSSR count). The molecule has 14 heavy (non-hydrogen) atoms. The van der Waals surface area contributed by atoms with Crippen LogP contribution in [0.5, 0.6) is 0 Å². The van der Waals surface area contributed by atoms with E-state index in [0.29, 0.717) is 6.54 Å². The highest BCUT2D eigenvalue weighted by atomic mass is 16.3. The largest absolute Gasteiger partial charge is 0.451 e. The quantitative estimate of drug-likeness (QED) is 0.802. The molecule has 0 aromatic carbocycles. The van der Waals surface area contributed by atoms with Crippen molar-refractivity contribution >= 4 is 5.82 Å². The minimum atomic E-state index is 0.633. The van der Waals surface area contributed by atoms with E-state index in [1.54, 1.807) is 12.5 Å². The lowest BCUT2D eigenvalue weighted by Gasteiger charge is -2.05. The molecule has 0 aliphatic heterocycles. The van der Waals surface area contributed by atoms with Gasteiger partial charge in [-0.25, -0.2) is 9.97 Å². The monoisotopic (exact) mass is 189 g/mol. The summed E-state index contributed by atoms with van der Waals surface area (Å²) in [5.41, 5.74) is 1.99. The van der Waals surface area contributed by atoms with Gasteiger partial charge in [-0.05, 0) is 18.6 Å². The number of pyridine rings is 1. The molecule has 4 heteroatoms. The number of aryl methyl sites for hydroxylation is 1. The first-order chi connectivity index (χ1) is 6.86. The van der Waals surface area contributed by atoms with Crippen LogP contribution in [-0.4, -0.2) is 9.97 Å². The summed E-state index contributed by atoms with van der Waals surface area (Å²) in [5, 5.41) is 3.18. The number of anilines is 1. The first-order valence-electron chi connectivity index (χ1n) is 4.39. The Morgan fingerprint density at radius 1 is 1.43 bits per heavy atom. The number of hydrogen-bond donors (Lipinski definition) is 1. The maximum atomic E-state index is 4.86. The van der Waals surface area contributed by atoms with Crippen molar-refractivity contribution in [3.63, 3.8) is 0 Å². The first-order valence-corrected chi connectivity index (χ1v) is 4.39. The summed E-state index contributed by atoms with van der Waals surface area (Å²) in [6.45, 7) is 2.65. The van der Waals surface area contributed by atoms with Crippen LogP contribution in [0.1, 0.15) is 11.3 Å². The van der Waals surface area contributed by atoms with Crippen LogP contribution in [0.25, 0.3) is 0 Å². The Bertz CT molecular complexity index is 398. The summed E-state index contributed by atoms with van der Waals surface area (Å²) in [6.07, 6.45) is 4.80. The average molecular weight is 189 g/mol. The summed E-state index contributed by atoms with van der Waals surface area (Å²) in [5.74, 6) is 0.885. The fraction of sp³-hybridized carbons (Fsp3) is 0.200. The van der Waals surface area contributed by atoms with E-state index in [0.717, 1.165) is 17.1 Å². The highest BCUT2D eigenvalue weighted by Gasteiger charge is 1.99. The lowest BCUT2D eigenvalue weighted by Crippen LogP contribution is -2.02. The molecule has 72 valence electrons. The van der Waals surface area contributed by atoms with Gasteiger partial charge < -0.3 is 9.73 Å². The Hall–Kier alpha value is -1.84. The lowest BCUT2D eigenvalue weighted by molar-refractivity contribution is 0.556. The van der Waals surface area contributed by atoms with Gasteiger partial charge in [-0.3, -0.25) is 0 Å². The third-order valence-electron chi connectivity index (χ3n) is 1.93. The number of aromatic nitrogens is 2. The van der Waals surface area contributed by atoms with E-state index in [-0.39, 0.29) is 0 Å². The molecule has 1 N–H and O–H groups in total. The predicted molar refractivity (Wildman–Crippen MR) is 52.8 cm³/mol.